The third-order valence-electron chi connectivity index (χ3n) is 1.89. The Kier molecular flexibility index (Phi) is 3.67. The largest absolute Gasteiger partial charge is 0.293 e. The molecule has 82 valence electrons. The fourth-order valence-corrected chi connectivity index (χ4v) is 2.20. The number of ketones is 1. The van der Waals surface area contributed by atoms with Gasteiger partial charge >= 0.3 is 0 Å². The standard InChI is InChI=1S/C10H11BrO3S/c1-7-3-4-8(11)5-9(7)10(12)6-15(2,13)14/h3-5H,6H2,1-2H3. The molecule has 1 aromatic rings. The van der Waals surface area contributed by atoms with Gasteiger partial charge in [0.1, 0.15) is 5.75 Å². The number of halogens is 1. The Morgan fingerprint density at radius 3 is 2.53 bits per heavy atom. The molecule has 0 atom stereocenters. The summed E-state index contributed by atoms with van der Waals surface area (Å²) in [7, 11) is -3.27. The molecule has 0 aromatic heterocycles. The van der Waals surface area contributed by atoms with Crippen molar-refractivity contribution in [1.82, 2.24) is 0 Å². The van der Waals surface area contributed by atoms with E-state index in [4.69, 9.17) is 0 Å². The highest BCUT2D eigenvalue weighted by atomic mass is 79.9. The predicted molar refractivity (Wildman–Crippen MR) is 62.9 cm³/mol. The number of carbonyl (C=O) groups excluding carboxylic acids is 1. The average molecular weight is 291 g/mol. The van der Waals surface area contributed by atoms with E-state index in [9.17, 15) is 13.2 Å². The smallest absolute Gasteiger partial charge is 0.178 e. The van der Waals surface area contributed by atoms with Crippen molar-refractivity contribution in [3.05, 3.63) is 33.8 Å². The van der Waals surface area contributed by atoms with Crippen LogP contribution in [0.2, 0.25) is 0 Å². The highest BCUT2D eigenvalue weighted by Crippen LogP contribution is 2.16. The molecule has 0 radical (unpaired) electrons. The van der Waals surface area contributed by atoms with Crippen LogP contribution in [0, 0.1) is 6.92 Å². The molecule has 0 fully saturated rings. The molecule has 0 aliphatic heterocycles. The Morgan fingerprint density at radius 2 is 2.00 bits per heavy atom. The Balaban J connectivity index is 3.06. The number of hydrogen-bond donors (Lipinski definition) is 0. The summed E-state index contributed by atoms with van der Waals surface area (Å²) in [5, 5.41) is 0. The van der Waals surface area contributed by atoms with E-state index in [2.05, 4.69) is 15.9 Å². The van der Waals surface area contributed by atoms with Gasteiger partial charge in [-0.05, 0) is 24.6 Å². The molecular formula is C10H11BrO3S. The molecule has 3 nitrogen and oxygen atoms in total. The van der Waals surface area contributed by atoms with Crippen molar-refractivity contribution >= 4 is 31.6 Å². The summed E-state index contributed by atoms with van der Waals surface area (Å²) in [6.45, 7) is 1.78. The third-order valence-corrected chi connectivity index (χ3v) is 3.17. The zero-order valence-corrected chi connectivity index (χ0v) is 10.9. The first-order valence-electron chi connectivity index (χ1n) is 4.26. The lowest BCUT2D eigenvalue weighted by Crippen LogP contribution is -2.15. The lowest BCUT2D eigenvalue weighted by Gasteiger charge is -2.04. The molecule has 0 heterocycles. The van der Waals surface area contributed by atoms with Crippen LogP contribution in [-0.2, 0) is 9.84 Å². The van der Waals surface area contributed by atoms with Crippen molar-refractivity contribution < 1.29 is 13.2 Å². The van der Waals surface area contributed by atoms with Crippen LogP contribution in [0.3, 0.4) is 0 Å². The second-order valence-electron chi connectivity index (χ2n) is 3.45. The number of carbonyl (C=O) groups is 1. The molecule has 0 saturated heterocycles. The molecule has 1 rings (SSSR count). The van der Waals surface area contributed by atoms with Gasteiger partial charge in [-0.2, -0.15) is 0 Å². The van der Waals surface area contributed by atoms with Crippen molar-refractivity contribution in [2.75, 3.05) is 12.0 Å². The lowest BCUT2D eigenvalue weighted by atomic mass is 10.1. The van der Waals surface area contributed by atoms with Gasteiger partial charge in [0.25, 0.3) is 0 Å². The fourth-order valence-electron chi connectivity index (χ4n) is 1.21. The van der Waals surface area contributed by atoms with Crippen molar-refractivity contribution in [3.63, 3.8) is 0 Å². The highest BCUT2D eigenvalue weighted by Gasteiger charge is 2.15. The second-order valence-corrected chi connectivity index (χ2v) is 6.51. The van der Waals surface area contributed by atoms with Crippen LogP contribution in [0.15, 0.2) is 22.7 Å². The van der Waals surface area contributed by atoms with E-state index in [0.717, 1.165) is 16.3 Å². The predicted octanol–water partition coefficient (Wildman–Crippen LogP) is 1.98. The molecule has 0 bridgehead atoms. The van der Waals surface area contributed by atoms with E-state index in [-0.39, 0.29) is 5.78 Å². The second kappa shape index (κ2) is 4.45. The van der Waals surface area contributed by atoms with Crippen molar-refractivity contribution in [2.24, 2.45) is 0 Å². The first kappa shape index (κ1) is 12.4. The summed E-state index contributed by atoms with van der Waals surface area (Å²) < 4.78 is 22.7. The topological polar surface area (TPSA) is 51.2 Å². The number of benzene rings is 1. The van der Waals surface area contributed by atoms with Gasteiger partial charge < -0.3 is 0 Å². The van der Waals surface area contributed by atoms with Crippen molar-refractivity contribution in [1.29, 1.82) is 0 Å². The number of Topliss-reactive ketones (excluding diaryl/α,β-unsaturated/α-hetero) is 1. The minimum Gasteiger partial charge on any atom is -0.293 e. The van der Waals surface area contributed by atoms with Gasteiger partial charge in [-0.15, -0.1) is 0 Å². The van der Waals surface area contributed by atoms with E-state index in [0.29, 0.717) is 5.56 Å². The van der Waals surface area contributed by atoms with Gasteiger partial charge in [-0.25, -0.2) is 8.42 Å². The Bertz CT molecular complexity index is 491. The quantitative estimate of drug-likeness (QED) is 0.800. The summed E-state index contributed by atoms with van der Waals surface area (Å²) in [5.41, 5.74) is 1.24. The molecule has 1 aromatic carbocycles. The van der Waals surface area contributed by atoms with Crippen LogP contribution in [0.4, 0.5) is 0 Å². The maximum Gasteiger partial charge on any atom is 0.178 e. The molecule has 0 N–H and O–H groups in total. The summed E-state index contributed by atoms with van der Waals surface area (Å²) in [6, 6.07) is 5.23. The van der Waals surface area contributed by atoms with Gasteiger partial charge in [0.2, 0.25) is 0 Å². The van der Waals surface area contributed by atoms with Crippen LogP contribution in [-0.4, -0.2) is 26.2 Å². The minimum atomic E-state index is -3.27. The van der Waals surface area contributed by atoms with Crippen LogP contribution in [0.25, 0.3) is 0 Å². The van der Waals surface area contributed by atoms with Gasteiger partial charge in [-0.1, -0.05) is 22.0 Å². The monoisotopic (exact) mass is 290 g/mol. The van der Waals surface area contributed by atoms with E-state index >= 15 is 0 Å². The van der Waals surface area contributed by atoms with Gasteiger partial charge in [-0.3, -0.25) is 4.79 Å². The molecule has 0 aliphatic rings. The third kappa shape index (κ3) is 3.76. The van der Waals surface area contributed by atoms with Crippen LogP contribution < -0.4 is 0 Å². The molecule has 15 heavy (non-hydrogen) atoms. The Hall–Kier alpha value is -0.680. The molecule has 0 spiro atoms. The summed E-state index contributed by atoms with van der Waals surface area (Å²) in [5.74, 6) is -0.805. The van der Waals surface area contributed by atoms with Gasteiger partial charge in [0, 0.05) is 16.3 Å². The number of sulfone groups is 1. The highest BCUT2D eigenvalue weighted by molar-refractivity contribution is 9.10. The van der Waals surface area contributed by atoms with Crippen LogP contribution >= 0.6 is 15.9 Å². The SMILES string of the molecule is Cc1ccc(Br)cc1C(=O)CS(C)(=O)=O. The zero-order chi connectivity index (χ0) is 11.6. The maximum absolute atomic E-state index is 11.6. The van der Waals surface area contributed by atoms with E-state index in [1.807, 2.05) is 6.07 Å². The Morgan fingerprint density at radius 1 is 1.40 bits per heavy atom. The minimum absolute atomic E-state index is 0.365. The normalized spacial score (nSPS) is 11.4. The number of hydrogen-bond acceptors (Lipinski definition) is 3. The van der Waals surface area contributed by atoms with Gasteiger partial charge in [0.15, 0.2) is 15.6 Å². The van der Waals surface area contributed by atoms with Crippen molar-refractivity contribution in [2.45, 2.75) is 6.92 Å². The van der Waals surface area contributed by atoms with E-state index in [1.54, 1.807) is 19.1 Å². The maximum atomic E-state index is 11.6. The number of aryl methyl sites for hydroxylation is 1. The molecule has 0 unspecified atom stereocenters. The van der Waals surface area contributed by atoms with Crippen molar-refractivity contribution in [3.8, 4) is 0 Å². The molecule has 0 amide bonds. The Labute approximate surface area is 97.5 Å². The van der Waals surface area contributed by atoms with Crippen LogP contribution in [0.5, 0.6) is 0 Å². The fraction of sp³-hybridized carbons (Fsp3) is 0.300. The average Bonchev–Trinajstić information content (AvgIpc) is 2.06. The molecule has 5 heteroatoms. The summed E-state index contributed by atoms with van der Waals surface area (Å²) in [6.07, 6.45) is 1.05. The molecule has 0 saturated carbocycles. The zero-order valence-electron chi connectivity index (χ0n) is 8.45. The van der Waals surface area contributed by atoms with Gasteiger partial charge in [0.05, 0.1) is 0 Å². The van der Waals surface area contributed by atoms with E-state index in [1.165, 1.54) is 0 Å². The summed E-state index contributed by atoms with van der Waals surface area (Å²) in [4.78, 5) is 11.6. The molecular weight excluding hydrogens is 280 g/mol. The summed E-state index contributed by atoms with van der Waals surface area (Å²) >= 11 is 3.24. The van der Waals surface area contributed by atoms with E-state index < -0.39 is 15.6 Å². The number of rotatable bonds is 3. The molecule has 0 aliphatic carbocycles. The lowest BCUT2D eigenvalue weighted by molar-refractivity contribution is 0.102. The first-order valence-corrected chi connectivity index (χ1v) is 7.12. The first-order chi connectivity index (χ1) is 6.79. The van der Waals surface area contributed by atoms with Crippen LogP contribution in [0.1, 0.15) is 15.9 Å².